The van der Waals surface area contributed by atoms with Gasteiger partial charge in [-0.1, -0.05) is 28.1 Å². The zero-order valence-corrected chi connectivity index (χ0v) is 15.5. The first-order valence-corrected chi connectivity index (χ1v) is 8.30. The highest BCUT2D eigenvalue weighted by Crippen LogP contribution is 2.21. The molecule has 0 aliphatic heterocycles. The summed E-state index contributed by atoms with van der Waals surface area (Å²) in [4.78, 5) is 18.2. The Bertz CT molecular complexity index is 704. The molecule has 0 saturated carbocycles. The molecule has 0 aromatic heterocycles. The van der Waals surface area contributed by atoms with Gasteiger partial charge in [0.25, 0.3) is 0 Å². The van der Waals surface area contributed by atoms with E-state index in [0.29, 0.717) is 6.61 Å². The average Bonchev–Trinajstić information content (AvgIpc) is 2.56. The van der Waals surface area contributed by atoms with Gasteiger partial charge in [-0.15, -0.1) is 0 Å². The van der Waals surface area contributed by atoms with Crippen molar-refractivity contribution in [2.75, 3.05) is 11.9 Å². The van der Waals surface area contributed by atoms with Gasteiger partial charge in [0.2, 0.25) is 0 Å². The molecule has 0 atom stereocenters. The Morgan fingerprint density at radius 1 is 1.08 bits per heavy atom. The molecule has 0 radical (unpaired) electrons. The summed E-state index contributed by atoms with van der Waals surface area (Å²) in [6, 6.07) is 14.4. The van der Waals surface area contributed by atoms with Crippen LogP contribution in [0.4, 0.5) is 5.69 Å². The monoisotopic (exact) mass is 409 g/mol. The third-order valence-corrected chi connectivity index (χ3v) is 3.58. The van der Waals surface area contributed by atoms with Gasteiger partial charge < -0.3 is 20.3 Å². The second kappa shape index (κ2) is 10.4. The van der Waals surface area contributed by atoms with Gasteiger partial charge in [0.15, 0.2) is 0 Å². The van der Waals surface area contributed by atoms with Crippen LogP contribution in [0, 0.1) is 6.92 Å². The summed E-state index contributed by atoms with van der Waals surface area (Å²) in [5.74, 6) is -2.73. The van der Waals surface area contributed by atoms with Gasteiger partial charge in [0, 0.05) is 16.7 Å². The molecule has 0 bridgehead atoms. The number of hydrogen-bond donors (Lipinski definition) is 3. The molecule has 6 nitrogen and oxygen atoms in total. The molecule has 0 spiro atoms. The smallest absolute Gasteiger partial charge is 0.414 e. The number of aliphatic carboxylic acids is 2. The topological polar surface area (TPSA) is 95.9 Å². The van der Waals surface area contributed by atoms with Crippen LogP contribution in [-0.4, -0.2) is 28.8 Å². The van der Waals surface area contributed by atoms with E-state index in [9.17, 15) is 0 Å². The molecule has 2 rings (SSSR count). The van der Waals surface area contributed by atoms with Gasteiger partial charge in [0.05, 0.1) is 6.61 Å². The molecule has 25 heavy (non-hydrogen) atoms. The fourth-order valence-corrected chi connectivity index (χ4v) is 2.37. The zero-order chi connectivity index (χ0) is 18.8. The first-order valence-electron chi connectivity index (χ1n) is 7.51. The Labute approximate surface area is 154 Å². The Kier molecular flexibility index (Phi) is 8.49. The summed E-state index contributed by atoms with van der Waals surface area (Å²) in [5, 5.41) is 18.2. The highest BCUT2D eigenvalue weighted by Gasteiger charge is 2.04. The molecule has 0 aliphatic rings. The Balaban J connectivity index is 0.000000450. The summed E-state index contributed by atoms with van der Waals surface area (Å²) >= 11 is 3.47. The normalized spacial score (nSPS) is 9.56. The van der Waals surface area contributed by atoms with Crippen LogP contribution in [0.1, 0.15) is 18.1 Å². The van der Waals surface area contributed by atoms with Crippen LogP contribution < -0.4 is 10.1 Å². The molecule has 0 heterocycles. The minimum atomic E-state index is -1.82. The molecule has 3 N–H and O–H groups in total. The lowest BCUT2D eigenvalue weighted by molar-refractivity contribution is -0.159. The molecule has 0 amide bonds. The maximum Gasteiger partial charge on any atom is 0.414 e. The van der Waals surface area contributed by atoms with Crippen LogP contribution in [0.25, 0.3) is 0 Å². The third-order valence-electron chi connectivity index (χ3n) is 3.09. The predicted octanol–water partition coefficient (Wildman–Crippen LogP) is 3.92. The fraction of sp³-hybridized carbons (Fsp3) is 0.222. The largest absolute Gasteiger partial charge is 0.494 e. The van der Waals surface area contributed by atoms with E-state index in [4.69, 9.17) is 24.5 Å². The lowest BCUT2D eigenvalue weighted by Crippen LogP contribution is -2.09. The molecule has 0 aliphatic carbocycles. The first kappa shape index (κ1) is 20.5. The maximum atomic E-state index is 9.10. The second-order valence-corrected chi connectivity index (χ2v) is 5.92. The van der Waals surface area contributed by atoms with Crippen molar-refractivity contribution in [2.24, 2.45) is 0 Å². The van der Waals surface area contributed by atoms with Crippen molar-refractivity contribution >= 4 is 33.6 Å². The standard InChI is InChI=1S/C16H18BrNO.C2H2O4/c1-3-19-15-7-4-13(5-8-15)11-18-16-9-6-14(17)10-12(16)2;3-1(4)2(5)6/h4-10,18H,3,11H2,1-2H3;(H,3,4)(H,5,6). The van der Waals surface area contributed by atoms with Gasteiger partial charge in [0.1, 0.15) is 5.75 Å². The van der Waals surface area contributed by atoms with E-state index in [1.165, 1.54) is 11.1 Å². The van der Waals surface area contributed by atoms with E-state index in [2.05, 4.69) is 52.4 Å². The number of carbonyl (C=O) groups is 2. The molecule has 0 fully saturated rings. The van der Waals surface area contributed by atoms with Gasteiger partial charge in [-0.3, -0.25) is 0 Å². The number of carboxylic acids is 2. The summed E-state index contributed by atoms with van der Waals surface area (Å²) in [5.41, 5.74) is 3.64. The van der Waals surface area contributed by atoms with Crippen molar-refractivity contribution in [3.63, 3.8) is 0 Å². The van der Waals surface area contributed by atoms with Gasteiger partial charge in [-0.05, 0) is 55.3 Å². The Morgan fingerprint density at radius 3 is 2.16 bits per heavy atom. The van der Waals surface area contributed by atoms with E-state index < -0.39 is 11.9 Å². The minimum Gasteiger partial charge on any atom is -0.494 e. The summed E-state index contributed by atoms with van der Waals surface area (Å²) < 4.78 is 6.54. The lowest BCUT2D eigenvalue weighted by Gasteiger charge is -2.10. The van der Waals surface area contributed by atoms with Gasteiger partial charge >= 0.3 is 11.9 Å². The van der Waals surface area contributed by atoms with Gasteiger partial charge in [-0.25, -0.2) is 9.59 Å². The molecule has 7 heteroatoms. The SMILES string of the molecule is CCOc1ccc(CNc2ccc(Br)cc2C)cc1.O=C(O)C(=O)O. The third kappa shape index (κ3) is 7.71. The van der Waals surface area contributed by atoms with Crippen LogP contribution in [0.5, 0.6) is 5.75 Å². The molecule has 0 saturated heterocycles. The molecule has 0 unspecified atom stereocenters. The molecule has 2 aromatic rings. The number of ether oxygens (including phenoxy) is 1. The number of rotatable bonds is 5. The number of anilines is 1. The second-order valence-electron chi connectivity index (χ2n) is 5.00. The molecular formula is C18H20BrNO5. The maximum absolute atomic E-state index is 9.10. The zero-order valence-electron chi connectivity index (χ0n) is 14.0. The average molecular weight is 410 g/mol. The van der Waals surface area contributed by atoms with E-state index in [0.717, 1.165) is 22.5 Å². The van der Waals surface area contributed by atoms with Crippen LogP contribution in [0.2, 0.25) is 0 Å². The number of aryl methyl sites for hydroxylation is 1. The van der Waals surface area contributed by atoms with Gasteiger partial charge in [-0.2, -0.15) is 0 Å². The van der Waals surface area contributed by atoms with E-state index in [-0.39, 0.29) is 0 Å². The van der Waals surface area contributed by atoms with Crippen molar-refractivity contribution in [3.05, 3.63) is 58.1 Å². The fourth-order valence-electron chi connectivity index (χ4n) is 1.89. The van der Waals surface area contributed by atoms with Crippen molar-refractivity contribution in [1.29, 1.82) is 0 Å². The van der Waals surface area contributed by atoms with Crippen molar-refractivity contribution in [1.82, 2.24) is 0 Å². The number of benzene rings is 2. The molecular weight excluding hydrogens is 390 g/mol. The van der Waals surface area contributed by atoms with E-state index >= 15 is 0 Å². The Hall–Kier alpha value is -2.54. The quantitative estimate of drug-likeness (QED) is 0.647. The van der Waals surface area contributed by atoms with Crippen LogP contribution in [-0.2, 0) is 16.1 Å². The molecule has 134 valence electrons. The summed E-state index contributed by atoms with van der Waals surface area (Å²) in [6.07, 6.45) is 0. The van der Waals surface area contributed by atoms with E-state index in [1.54, 1.807) is 0 Å². The summed E-state index contributed by atoms with van der Waals surface area (Å²) in [7, 11) is 0. The summed E-state index contributed by atoms with van der Waals surface area (Å²) in [6.45, 7) is 5.61. The van der Waals surface area contributed by atoms with Crippen LogP contribution in [0.3, 0.4) is 0 Å². The van der Waals surface area contributed by atoms with Crippen molar-refractivity contribution < 1.29 is 24.5 Å². The Morgan fingerprint density at radius 2 is 1.68 bits per heavy atom. The highest BCUT2D eigenvalue weighted by molar-refractivity contribution is 9.10. The molecule has 2 aromatic carbocycles. The van der Waals surface area contributed by atoms with Crippen molar-refractivity contribution in [2.45, 2.75) is 20.4 Å². The minimum absolute atomic E-state index is 0.704. The predicted molar refractivity (Wildman–Crippen MR) is 99.1 cm³/mol. The van der Waals surface area contributed by atoms with Crippen LogP contribution in [0.15, 0.2) is 46.9 Å². The van der Waals surface area contributed by atoms with E-state index in [1.807, 2.05) is 25.1 Å². The first-order chi connectivity index (χ1) is 11.8. The lowest BCUT2D eigenvalue weighted by atomic mass is 10.1. The number of nitrogens with one attached hydrogen (secondary N) is 1. The van der Waals surface area contributed by atoms with Crippen LogP contribution >= 0.6 is 15.9 Å². The number of hydrogen-bond acceptors (Lipinski definition) is 4. The van der Waals surface area contributed by atoms with Crippen molar-refractivity contribution in [3.8, 4) is 5.75 Å². The number of halogens is 1. The number of carboxylic acid groups (broad SMARTS) is 2. The highest BCUT2D eigenvalue weighted by atomic mass is 79.9.